The number of nitrogens with zero attached hydrogens (tertiary/aromatic N) is 3. The fraction of sp³-hybridized carbons (Fsp3) is 0.217. The number of aromatic nitrogens is 2. The molecule has 1 fully saturated rings. The summed E-state index contributed by atoms with van der Waals surface area (Å²) in [6.07, 6.45) is 0. The fourth-order valence-corrected chi connectivity index (χ4v) is 4.12. The molecule has 0 spiro atoms. The average molecular weight is 420 g/mol. The van der Waals surface area contributed by atoms with Crippen LogP contribution in [0, 0.1) is 0 Å². The molecule has 7 heteroatoms. The zero-order chi connectivity index (χ0) is 21.5. The molecule has 0 saturated carbocycles. The number of hydrogen-bond acceptors (Lipinski definition) is 6. The summed E-state index contributed by atoms with van der Waals surface area (Å²) in [6.45, 7) is 6.35. The van der Waals surface area contributed by atoms with Gasteiger partial charge in [0, 0.05) is 5.56 Å². The lowest BCUT2D eigenvalue weighted by atomic mass is 9.85. The third-order valence-electron chi connectivity index (χ3n) is 5.14. The average Bonchev–Trinajstić information content (AvgIpc) is 3.35. The van der Waals surface area contributed by atoms with Gasteiger partial charge in [0.2, 0.25) is 5.13 Å². The lowest BCUT2D eigenvalue weighted by molar-refractivity contribution is -0.132. The van der Waals surface area contributed by atoms with Crippen LogP contribution in [-0.4, -0.2) is 27.0 Å². The summed E-state index contributed by atoms with van der Waals surface area (Å²) in [6, 6.07) is 15.7. The molecule has 30 heavy (non-hydrogen) atoms. The quantitative estimate of drug-likeness (QED) is 0.385. The van der Waals surface area contributed by atoms with Crippen molar-refractivity contribution in [2.45, 2.75) is 32.2 Å². The summed E-state index contributed by atoms with van der Waals surface area (Å²) < 4.78 is 0. The highest BCUT2D eigenvalue weighted by atomic mass is 32.1. The molecule has 1 atom stereocenters. The third-order valence-corrected chi connectivity index (χ3v) is 5.83. The van der Waals surface area contributed by atoms with E-state index in [9.17, 15) is 14.7 Å². The number of amides is 1. The molecule has 1 aliphatic rings. The fourth-order valence-electron chi connectivity index (χ4n) is 3.53. The SMILES string of the molecule is CC(C)(C)c1ccc([C@@H]2C(=C(O)c3ccccc3)C(=O)C(=O)N2c2nncs2)cc1. The lowest BCUT2D eigenvalue weighted by Gasteiger charge is -2.24. The second-order valence-corrected chi connectivity index (χ2v) is 8.94. The van der Waals surface area contributed by atoms with Crippen LogP contribution in [0.2, 0.25) is 0 Å². The molecular formula is C23H21N3O3S. The maximum atomic E-state index is 13.0. The number of hydrogen-bond donors (Lipinski definition) is 1. The van der Waals surface area contributed by atoms with Crippen LogP contribution in [-0.2, 0) is 15.0 Å². The molecule has 152 valence electrons. The van der Waals surface area contributed by atoms with Gasteiger partial charge in [0.1, 0.15) is 11.3 Å². The van der Waals surface area contributed by atoms with Crippen molar-refractivity contribution < 1.29 is 14.7 Å². The first-order valence-corrected chi connectivity index (χ1v) is 10.4. The first-order valence-electron chi connectivity index (χ1n) is 9.52. The van der Waals surface area contributed by atoms with E-state index in [0.29, 0.717) is 10.7 Å². The van der Waals surface area contributed by atoms with Gasteiger partial charge in [-0.05, 0) is 16.5 Å². The van der Waals surface area contributed by atoms with Crippen molar-refractivity contribution in [2.75, 3.05) is 4.90 Å². The summed E-state index contributed by atoms with van der Waals surface area (Å²) in [5.41, 5.74) is 3.83. The van der Waals surface area contributed by atoms with Gasteiger partial charge in [-0.1, -0.05) is 86.7 Å². The van der Waals surface area contributed by atoms with Crippen LogP contribution in [0.4, 0.5) is 5.13 Å². The Morgan fingerprint density at radius 1 is 1.03 bits per heavy atom. The highest BCUT2D eigenvalue weighted by molar-refractivity contribution is 7.13. The van der Waals surface area contributed by atoms with Gasteiger partial charge < -0.3 is 5.11 Å². The molecule has 1 amide bonds. The standard InChI is InChI=1S/C23H21N3O3S/c1-23(2,3)16-11-9-14(10-12-16)18-17(19(27)15-7-5-4-6-8-15)20(28)21(29)26(18)22-25-24-13-30-22/h4-13,18,27H,1-3H3/t18-/m1/s1. The Morgan fingerprint density at radius 3 is 2.27 bits per heavy atom. The molecule has 0 bridgehead atoms. The van der Waals surface area contributed by atoms with Gasteiger partial charge in [-0.3, -0.25) is 14.5 Å². The molecule has 6 nitrogen and oxygen atoms in total. The molecule has 1 aromatic heterocycles. The highest BCUT2D eigenvalue weighted by Gasteiger charge is 2.48. The van der Waals surface area contributed by atoms with E-state index in [-0.39, 0.29) is 16.7 Å². The lowest BCUT2D eigenvalue weighted by Crippen LogP contribution is -2.29. The molecule has 1 N–H and O–H groups in total. The Hall–Kier alpha value is -3.32. The second-order valence-electron chi connectivity index (χ2n) is 8.13. The number of carbonyl (C=O) groups excluding carboxylic acids is 2. The molecule has 3 aromatic rings. The van der Waals surface area contributed by atoms with Crippen LogP contribution in [0.5, 0.6) is 0 Å². The summed E-state index contributed by atoms with van der Waals surface area (Å²) >= 11 is 1.17. The Morgan fingerprint density at radius 2 is 1.70 bits per heavy atom. The van der Waals surface area contributed by atoms with Gasteiger partial charge in [-0.25, -0.2) is 0 Å². The van der Waals surface area contributed by atoms with E-state index in [4.69, 9.17) is 0 Å². The van der Waals surface area contributed by atoms with E-state index >= 15 is 0 Å². The van der Waals surface area contributed by atoms with Crippen molar-refractivity contribution in [1.29, 1.82) is 0 Å². The van der Waals surface area contributed by atoms with E-state index in [2.05, 4.69) is 31.0 Å². The van der Waals surface area contributed by atoms with Gasteiger partial charge >= 0.3 is 5.91 Å². The normalized spacial score (nSPS) is 18.8. The third kappa shape index (κ3) is 3.41. The van der Waals surface area contributed by atoms with Gasteiger partial charge in [-0.2, -0.15) is 0 Å². The van der Waals surface area contributed by atoms with Gasteiger partial charge in [0.25, 0.3) is 5.78 Å². The molecule has 0 aliphatic carbocycles. The van der Waals surface area contributed by atoms with Crippen molar-refractivity contribution in [1.82, 2.24) is 10.2 Å². The Kier molecular flexibility index (Phi) is 4.99. The molecular weight excluding hydrogens is 398 g/mol. The summed E-state index contributed by atoms with van der Waals surface area (Å²) in [5, 5.41) is 19.1. The van der Waals surface area contributed by atoms with E-state index in [0.717, 1.165) is 11.1 Å². The Balaban J connectivity index is 1.90. The second kappa shape index (κ2) is 7.50. The first-order chi connectivity index (χ1) is 14.3. The first kappa shape index (κ1) is 20.0. The van der Waals surface area contributed by atoms with Crippen molar-refractivity contribution in [3.63, 3.8) is 0 Å². The largest absolute Gasteiger partial charge is 0.507 e. The minimum atomic E-state index is -0.785. The summed E-state index contributed by atoms with van der Waals surface area (Å²) in [4.78, 5) is 27.2. The Labute approximate surface area is 178 Å². The predicted molar refractivity (Wildman–Crippen MR) is 116 cm³/mol. The minimum Gasteiger partial charge on any atom is -0.507 e. The van der Waals surface area contributed by atoms with Gasteiger partial charge in [0.05, 0.1) is 11.6 Å². The molecule has 2 heterocycles. The van der Waals surface area contributed by atoms with E-state index in [1.807, 2.05) is 30.3 Å². The molecule has 1 aliphatic heterocycles. The van der Waals surface area contributed by atoms with Crippen LogP contribution in [0.25, 0.3) is 5.76 Å². The zero-order valence-electron chi connectivity index (χ0n) is 16.9. The number of carbonyl (C=O) groups is 2. The number of aliphatic hydroxyl groups excluding tert-OH is 1. The van der Waals surface area contributed by atoms with Crippen LogP contribution in [0.1, 0.15) is 43.5 Å². The van der Waals surface area contributed by atoms with Crippen LogP contribution in [0.3, 0.4) is 0 Å². The van der Waals surface area contributed by atoms with Crippen molar-refractivity contribution >= 4 is 33.9 Å². The Bertz CT molecular complexity index is 1110. The number of benzene rings is 2. The maximum absolute atomic E-state index is 13.0. The molecule has 4 rings (SSSR count). The van der Waals surface area contributed by atoms with Crippen LogP contribution < -0.4 is 4.90 Å². The minimum absolute atomic E-state index is 0.0381. The number of aliphatic hydroxyl groups is 1. The molecule has 1 saturated heterocycles. The van der Waals surface area contributed by atoms with Gasteiger partial charge in [-0.15, -0.1) is 10.2 Å². The zero-order valence-corrected chi connectivity index (χ0v) is 17.7. The van der Waals surface area contributed by atoms with Crippen LogP contribution >= 0.6 is 11.3 Å². The molecule has 0 radical (unpaired) electrons. The maximum Gasteiger partial charge on any atom is 0.301 e. The van der Waals surface area contributed by atoms with Crippen molar-refractivity contribution in [3.05, 3.63) is 82.4 Å². The van der Waals surface area contributed by atoms with E-state index < -0.39 is 17.7 Å². The van der Waals surface area contributed by atoms with E-state index in [1.165, 1.54) is 21.7 Å². The number of anilines is 1. The molecule has 0 unspecified atom stereocenters. The topological polar surface area (TPSA) is 83.4 Å². The number of ketones is 1. The molecule has 2 aromatic carbocycles. The van der Waals surface area contributed by atoms with Crippen LogP contribution in [0.15, 0.2) is 65.7 Å². The smallest absolute Gasteiger partial charge is 0.301 e. The number of Topliss-reactive ketones (excluding diaryl/α,β-unsaturated/α-hetero) is 1. The van der Waals surface area contributed by atoms with Gasteiger partial charge in [0.15, 0.2) is 0 Å². The highest BCUT2D eigenvalue weighted by Crippen LogP contribution is 2.42. The monoisotopic (exact) mass is 419 g/mol. The predicted octanol–water partition coefficient (Wildman–Crippen LogP) is 4.46. The summed E-state index contributed by atoms with van der Waals surface area (Å²) in [7, 11) is 0. The van der Waals surface area contributed by atoms with Crippen molar-refractivity contribution in [2.24, 2.45) is 0 Å². The van der Waals surface area contributed by atoms with E-state index in [1.54, 1.807) is 24.3 Å². The summed E-state index contributed by atoms with van der Waals surface area (Å²) in [5.74, 6) is -1.67. The number of rotatable bonds is 3. The van der Waals surface area contributed by atoms with Crippen molar-refractivity contribution in [3.8, 4) is 0 Å².